The minimum atomic E-state index is 0.248. The van der Waals surface area contributed by atoms with E-state index in [1.165, 1.54) is 32.1 Å². The summed E-state index contributed by atoms with van der Waals surface area (Å²) >= 11 is 0. The number of phenolic OH excluding ortho intramolecular Hbond substituents is 1. The minimum absolute atomic E-state index is 0.248. The average molecular weight is 305 g/mol. The highest BCUT2D eigenvalue weighted by Crippen LogP contribution is 2.23. The average Bonchev–Trinajstić information content (AvgIpc) is 2.55. The smallest absolute Gasteiger partial charge is 0.191 e. The summed E-state index contributed by atoms with van der Waals surface area (Å²) in [6.45, 7) is 3.30. The number of rotatable bonds is 5. The molecule has 0 spiro atoms. The zero-order valence-electron chi connectivity index (χ0n) is 13.6. The Kier molecular flexibility index (Phi) is 6.37. The van der Waals surface area contributed by atoms with Gasteiger partial charge in [-0.3, -0.25) is 0 Å². The van der Waals surface area contributed by atoms with Crippen LogP contribution in [0.25, 0.3) is 0 Å². The van der Waals surface area contributed by atoms with Crippen LogP contribution >= 0.6 is 0 Å². The van der Waals surface area contributed by atoms with Gasteiger partial charge >= 0.3 is 0 Å². The lowest BCUT2D eigenvalue weighted by Crippen LogP contribution is -2.44. The van der Waals surface area contributed by atoms with E-state index in [9.17, 15) is 5.11 Å². The number of hydrogen-bond acceptors (Lipinski definition) is 3. The van der Waals surface area contributed by atoms with E-state index >= 15 is 0 Å². The van der Waals surface area contributed by atoms with E-state index in [1.807, 2.05) is 6.07 Å². The Balaban J connectivity index is 2.02. The second-order valence-corrected chi connectivity index (χ2v) is 5.67. The number of aliphatic imine (C=N–C) groups is 1. The second-order valence-electron chi connectivity index (χ2n) is 5.67. The zero-order chi connectivity index (χ0) is 15.8. The summed E-state index contributed by atoms with van der Waals surface area (Å²) in [5.41, 5.74) is 0.764. The van der Waals surface area contributed by atoms with E-state index in [4.69, 9.17) is 4.74 Å². The fourth-order valence-corrected chi connectivity index (χ4v) is 2.74. The van der Waals surface area contributed by atoms with Crippen LogP contribution in [0.15, 0.2) is 23.2 Å². The Morgan fingerprint density at radius 2 is 2.09 bits per heavy atom. The Morgan fingerprint density at radius 3 is 2.77 bits per heavy atom. The van der Waals surface area contributed by atoms with E-state index in [-0.39, 0.29) is 5.75 Å². The predicted molar refractivity (Wildman–Crippen MR) is 89.5 cm³/mol. The molecule has 0 atom stereocenters. The molecule has 22 heavy (non-hydrogen) atoms. The first kappa shape index (κ1) is 16.5. The van der Waals surface area contributed by atoms with E-state index < -0.39 is 0 Å². The minimum Gasteiger partial charge on any atom is -0.508 e. The van der Waals surface area contributed by atoms with Crippen LogP contribution in [0, 0.1) is 0 Å². The van der Waals surface area contributed by atoms with Crippen molar-refractivity contribution in [1.82, 2.24) is 10.6 Å². The molecule has 1 saturated carbocycles. The number of aromatic hydroxyl groups is 1. The number of guanidine groups is 1. The Bertz CT molecular complexity index is 497. The third-order valence-electron chi connectivity index (χ3n) is 3.98. The molecule has 0 saturated heterocycles. The molecule has 0 heterocycles. The number of nitrogens with one attached hydrogen (secondary N) is 2. The van der Waals surface area contributed by atoms with Gasteiger partial charge in [0.1, 0.15) is 11.5 Å². The molecule has 0 aliphatic heterocycles. The number of benzene rings is 1. The predicted octanol–water partition coefficient (Wildman–Crippen LogP) is 2.79. The van der Waals surface area contributed by atoms with E-state index in [1.54, 1.807) is 19.2 Å². The van der Waals surface area contributed by atoms with Crippen molar-refractivity contribution in [3.8, 4) is 11.5 Å². The maximum absolute atomic E-state index is 9.93. The van der Waals surface area contributed by atoms with Crippen LogP contribution in [-0.2, 0) is 6.54 Å². The molecule has 2 rings (SSSR count). The van der Waals surface area contributed by atoms with Crippen molar-refractivity contribution in [3.63, 3.8) is 0 Å². The summed E-state index contributed by atoms with van der Waals surface area (Å²) < 4.78 is 5.19. The van der Waals surface area contributed by atoms with Crippen molar-refractivity contribution in [1.29, 1.82) is 0 Å². The van der Waals surface area contributed by atoms with Gasteiger partial charge in [0, 0.05) is 18.2 Å². The Hall–Kier alpha value is -1.91. The van der Waals surface area contributed by atoms with E-state index in [0.717, 1.165) is 23.8 Å². The van der Waals surface area contributed by atoms with Crippen molar-refractivity contribution in [3.05, 3.63) is 23.8 Å². The van der Waals surface area contributed by atoms with Crippen LogP contribution < -0.4 is 15.4 Å². The lowest BCUT2D eigenvalue weighted by molar-refractivity contribution is 0.409. The third kappa shape index (κ3) is 4.83. The fourth-order valence-electron chi connectivity index (χ4n) is 2.74. The number of phenols is 1. The highest BCUT2D eigenvalue weighted by atomic mass is 16.5. The highest BCUT2D eigenvalue weighted by Gasteiger charge is 2.14. The molecule has 0 radical (unpaired) electrons. The SMILES string of the molecule is CCNC(=NCc1cc(OC)ccc1O)NC1CCCCC1. The number of methoxy groups -OCH3 is 1. The maximum Gasteiger partial charge on any atom is 0.191 e. The van der Waals surface area contributed by atoms with Gasteiger partial charge in [0.25, 0.3) is 0 Å². The first-order valence-electron chi connectivity index (χ1n) is 8.13. The van der Waals surface area contributed by atoms with Gasteiger partial charge in [-0.15, -0.1) is 0 Å². The molecule has 1 aliphatic carbocycles. The van der Waals surface area contributed by atoms with Crippen molar-refractivity contribution in [2.45, 2.75) is 51.6 Å². The maximum atomic E-state index is 9.93. The number of nitrogens with zero attached hydrogens (tertiary/aromatic N) is 1. The zero-order valence-corrected chi connectivity index (χ0v) is 13.6. The summed E-state index contributed by atoms with van der Waals surface area (Å²) in [4.78, 5) is 4.59. The molecule has 0 aromatic heterocycles. The van der Waals surface area contributed by atoms with Gasteiger partial charge in [-0.25, -0.2) is 4.99 Å². The van der Waals surface area contributed by atoms with Crippen molar-refractivity contribution in [2.75, 3.05) is 13.7 Å². The summed E-state index contributed by atoms with van der Waals surface area (Å²) in [5, 5.41) is 16.7. The standard InChI is InChI=1S/C17H27N3O2/c1-3-18-17(20-14-7-5-4-6-8-14)19-12-13-11-15(22-2)9-10-16(13)21/h9-11,14,21H,3-8,12H2,1-2H3,(H2,18,19,20). The van der Waals surface area contributed by atoms with Gasteiger partial charge in [-0.2, -0.15) is 0 Å². The Labute approximate surface area is 132 Å². The van der Waals surface area contributed by atoms with Crippen LogP contribution in [0.5, 0.6) is 11.5 Å². The lowest BCUT2D eigenvalue weighted by atomic mass is 9.96. The summed E-state index contributed by atoms with van der Waals surface area (Å²) in [5.74, 6) is 1.79. The van der Waals surface area contributed by atoms with Gasteiger partial charge in [-0.05, 0) is 38.0 Å². The van der Waals surface area contributed by atoms with Gasteiger partial charge in [0.2, 0.25) is 0 Å². The third-order valence-corrected chi connectivity index (χ3v) is 3.98. The molecule has 1 aromatic rings. The second kappa shape index (κ2) is 8.51. The molecule has 1 aromatic carbocycles. The van der Waals surface area contributed by atoms with Gasteiger partial charge in [-0.1, -0.05) is 19.3 Å². The van der Waals surface area contributed by atoms with Crippen molar-refractivity contribution in [2.24, 2.45) is 4.99 Å². The molecule has 1 aliphatic rings. The van der Waals surface area contributed by atoms with E-state index in [0.29, 0.717) is 12.6 Å². The van der Waals surface area contributed by atoms with Gasteiger partial charge in [0.15, 0.2) is 5.96 Å². The van der Waals surface area contributed by atoms with Crippen molar-refractivity contribution >= 4 is 5.96 Å². The molecular weight excluding hydrogens is 278 g/mol. The summed E-state index contributed by atoms with van der Waals surface area (Å²) in [6.07, 6.45) is 6.31. The molecule has 5 heteroatoms. The highest BCUT2D eigenvalue weighted by molar-refractivity contribution is 5.80. The quantitative estimate of drug-likeness (QED) is 0.578. The molecular formula is C17H27N3O2. The lowest BCUT2D eigenvalue weighted by Gasteiger charge is -2.24. The van der Waals surface area contributed by atoms with Crippen LogP contribution in [-0.4, -0.2) is 30.8 Å². The van der Waals surface area contributed by atoms with Crippen molar-refractivity contribution < 1.29 is 9.84 Å². The van der Waals surface area contributed by atoms with Crippen LogP contribution in [0.3, 0.4) is 0 Å². The summed E-state index contributed by atoms with van der Waals surface area (Å²) in [7, 11) is 1.62. The molecule has 122 valence electrons. The Morgan fingerprint density at radius 1 is 1.32 bits per heavy atom. The number of hydrogen-bond donors (Lipinski definition) is 3. The topological polar surface area (TPSA) is 65.9 Å². The molecule has 0 unspecified atom stereocenters. The summed E-state index contributed by atoms with van der Waals surface area (Å²) in [6, 6.07) is 5.72. The largest absolute Gasteiger partial charge is 0.508 e. The normalized spacial score (nSPS) is 16.4. The fraction of sp³-hybridized carbons (Fsp3) is 0.588. The molecule has 0 amide bonds. The van der Waals surface area contributed by atoms with Gasteiger partial charge in [0.05, 0.1) is 13.7 Å². The first-order chi connectivity index (χ1) is 10.7. The molecule has 1 fully saturated rings. The first-order valence-corrected chi connectivity index (χ1v) is 8.13. The van der Waals surface area contributed by atoms with Crippen LogP contribution in [0.1, 0.15) is 44.6 Å². The van der Waals surface area contributed by atoms with E-state index in [2.05, 4.69) is 22.5 Å². The van der Waals surface area contributed by atoms with Crippen LogP contribution in [0.2, 0.25) is 0 Å². The monoisotopic (exact) mass is 305 g/mol. The molecule has 0 bridgehead atoms. The molecule has 5 nitrogen and oxygen atoms in total. The molecule has 3 N–H and O–H groups in total. The van der Waals surface area contributed by atoms with Gasteiger partial charge < -0.3 is 20.5 Å². The van der Waals surface area contributed by atoms with Crippen LogP contribution in [0.4, 0.5) is 0 Å². The number of ether oxygens (including phenoxy) is 1.